The van der Waals surface area contributed by atoms with E-state index in [0.717, 1.165) is 29.8 Å². The SMILES string of the molecule is Cc1ccccc1-n1ncc(C(=O)NNC(=O)c2cccnc2)c1C1CC1. The Morgan fingerprint density at radius 1 is 1.04 bits per heavy atom. The van der Waals surface area contributed by atoms with Gasteiger partial charge < -0.3 is 0 Å². The molecular formula is C20H19N5O2. The Morgan fingerprint density at radius 2 is 1.81 bits per heavy atom. The van der Waals surface area contributed by atoms with E-state index in [9.17, 15) is 9.59 Å². The van der Waals surface area contributed by atoms with Gasteiger partial charge in [0.2, 0.25) is 0 Å². The molecule has 4 rings (SSSR count). The fourth-order valence-electron chi connectivity index (χ4n) is 3.03. The number of aromatic nitrogens is 3. The number of aryl methyl sites for hydroxylation is 1. The van der Waals surface area contributed by atoms with Crippen LogP contribution in [0.1, 0.15) is 50.7 Å². The molecular weight excluding hydrogens is 342 g/mol. The summed E-state index contributed by atoms with van der Waals surface area (Å²) in [5, 5.41) is 4.45. The molecule has 7 heteroatoms. The van der Waals surface area contributed by atoms with Crippen LogP contribution in [0.15, 0.2) is 55.0 Å². The van der Waals surface area contributed by atoms with Crippen molar-refractivity contribution in [2.45, 2.75) is 25.7 Å². The summed E-state index contributed by atoms with van der Waals surface area (Å²) in [6, 6.07) is 11.2. The number of hydrogen-bond donors (Lipinski definition) is 2. The van der Waals surface area contributed by atoms with Crippen molar-refractivity contribution in [3.8, 4) is 5.69 Å². The molecule has 1 aliphatic carbocycles. The van der Waals surface area contributed by atoms with E-state index in [1.165, 1.54) is 6.20 Å². The first-order chi connectivity index (χ1) is 13.1. The number of pyridine rings is 1. The Morgan fingerprint density at radius 3 is 2.52 bits per heavy atom. The second kappa shape index (κ2) is 7.03. The van der Waals surface area contributed by atoms with E-state index < -0.39 is 5.91 Å². The van der Waals surface area contributed by atoms with E-state index >= 15 is 0 Å². The highest BCUT2D eigenvalue weighted by molar-refractivity contribution is 5.99. The number of carbonyl (C=O) groups is 2. The third-order valence-electron chi connectivity index (χ3n) is 4.57. The minimum absolute atomic E-state index is 0.307. The largest absolute Gasteiger partial charge is 0.273 e. The van der Waals surface area contributed by atoms with Gasteiger partial charge in [0, 0.05) is 18.3 Å². The van der Waals surface area contributed by atoms with Crippen LogP contribution in [-0.4, -0.2) is 26.6 Å². The minimum atomic E-state index is -0.421. The molecule has 2 N–H and O–H groups in total. The zero-order chi connectivity index (χ0) is 18.8. The summed E-state index contributed by atoms with van der Waals surface area (Å²) in [5.74, 6) is -0.494. The summed E-state index contributed by atoms with van der Waals surface area (Å²) < 4.78 is 1.84. The van der Waals surface area contributed by atoms with Crippen molar-refractivity contribution in [2.24, 2.45) is 0 Å². The highest BCUT2D eigenvalue weighted by Gasteiger charge is 2.33. The fourth-order valence-corrected chi connectivity index (χ4v) is 3.03. The fraction of sp³-hybridized carbons (Fsp3) is 0.200. The van der Waals surface area contributed by atoms with Crippen molar-refractivity contribution in [2.75, 3.05) is 0 Å². The van der Waals surface area contributed by atoms with E-state index in [2.05, 4.69) is 20.9 Å². The number of hydrogen-bond acceptors (Lipinski definition) is 4. The number of nitrogens with zero attached hydrogens (tertiary/aromatic N) is 3. The zero-order valence-electron chi connectivity index (χ0n) is 14.8. The summed E-state index contributed by atoms with van der Waals surface area (Å²) in [5.41, 5.74) is 8.68. The summed E-state index contributed by atoms with van der Waals surface area (Å²) in [6.07, 6.45) is 6.63. The lowest BCUT2D eigenvalue weighted by Crippen LogP contribution is -2.41. The topological polar surface area (TPSA) is 88.9 Å². The van der Waals surface area contributed by atoms with Gasteiger partial charge in [0.1, 0.15) is 0 Å². The summed E-state index contributed by atoms with van der Waals surface area (Å²) in [7, 11) is 0. The standard InChI is InChI=1S/C20H19N5O2/c1-13-5-2-3-7-17(13)25-18(14-8-9-14)16(12-22-25)20(27)24-23-19(26)15-6-4-10-21-11-15/h2-7,10-12,14H,8-9H2,1H3,(H,23,26)(H,24,27). The van der Waals surface area contributed by atoms with Crippen LogP contribution in [0.2, 0.25) is 0 Å². The first-order valence-corrected chi connectivity index (χ1v) is 8.80. The molecule has 2 heterocycles. The van der Waals surface area contributed by atoms with Gasteiger partial charge in [-0.1, -0.05) is 18.2 Å². The lowest BCUT2D eigenvalue weighted by Gasteiger charge is -2.12. The number of hydrazine groups is 1. The van der Waals surface area contributed by atoms with Gasteiger partial charge in [-0.05, 0) is 43.5 Å². The van der Waals surface area contributed by atoms with Crippen LogP contribution in [0.4, 0.5) is 0 Å². The van der Waals surface area contributed by atoms with Crippen LogP contribution < -0.4 is 10.9 Å². The van der Waals surface area contributed by atoms with E-state index in [1.54, 1.807) is 24.5 Å². The van der Waals surface area contributed by atoms with Crippen LogP contribution in [0.3, 0.4) is 0 Å². The van der Waals surface area contributed by atoms with Crippen molar-refractivity contribution in [3.63, 3.8) is 0 Å². The minimum Gasteiger partial charge on any atom is -0.267 e. The van der Waals surface area contributed by atoms with Crippen LogP contribution >= 0.6 is 0 Å². The molecule has 0 unspecified atom stereocenters. The molecule has 7 nitrogen and oxygen atoms in total. The average molecular weight is 361 g/mol. The Kier molecular flexibility index (Phi) is 4.42. The molecule has 0 saturated heterocycles. The van der Waals surface area contributed by atoms with E-state index in [0.29, 0.717) is 17.0 Å². The van der Waals surface area contributed by atoms with E-state index in [4.69, 9.17) is 0 Å². The average Bonchev–Trinajstić information content (AvgIpc) is 3.45. The first-order valence-electron chi connectivity index (χ1n) is 8.80. The molecule has 27 heavy (non-hydrogen) atoms. The molecule has 1 aliphatic rings. The molecule has 0 atom stereocenters. The van der Waals surface area contributed by atoms with Crippen molar-refractivity contribution >= 4 is 11.8 Å². The molecule has 2 aromatic heterocycles. The number of para-hydroxylation sites is 1. The lowest BCUT2D eigenvalue weighted by atomic mass is 10.1. The molecule has 3 aromatic rings. The third kappa shape index (κ3) is 3.44. The third-order valence-corrected chi connectivity index (χ3v) is 4.57. The maximum absolute atomic E-state index is 12.7. The lowest BCUT2D eigenvalue weighted by molar-refractivity contribution is 0.0846. The number of amides is 2. The maximum atomic E-state index is 12.7. The van der Waals surface area contributed by atoms with Gasteiger partial charge in [-0.25, -0.2) is 4.68 Å². The Labute approximate surface area is 156 Å². The van der Waals surface area contributed by atoms with Crippen molar-refractivity contribution < 1.29 is 9.59 Å². The van der Waals surface area contributed by atoms with Gasteiger partial charge >= 0.3 is 0 Å². The van der Waals surface area contributed by atoms with Gasteiger partial charge in [0.25, 0.3) is 11.8 Å². The summed E-state index contributed by atoms with van der Waals surface area (Å²) in [6.45, 7) is 2.02. The van der Waals surface area contributed by atoms with Gasteiger partial charge in [0.15, 0.2) is 0 Å². The second-order valence-electron chi connectivity index (χ2n) is 6.57. The summed E-state index contributed by atoms with van der Waals surface area (Å²) >= 11 is 0. The first kappa shape index (κ1) is 17.0. The van der Waals surface area contributed by atoms with E-state index in [-0.39, 0.29) is 5.91 Å². The molecule has 136 valence electrons. The summed E-state index contributed by atoms with van der Waals surface area (Å²) in [4.78, 5) is 28.7. The van der Waals surface area contributed by atoms with Crippen LogP contribution in [0.5, 0.6) is 0 Å². The Balaban J connectivity index is 1.56. The highest BCUT2D eigenvalue weighted by atomic mass is 16.2. The maximum Gasteiger partial charge on any atom is 0.273 e. The predicted octanol–water partition coefficient (Wildman–Crippen LogP) is 2.53. The highest BCUT2D eigenvalue weighted by Crippen LogP contribution is 2.42. The monoisotopic (exact) mass is 361 g/mol. The quantitative estimate of drug-likeness (QED) is 0.699. The number of benzene rings is 1. The number of rotatable bonds is 4. The molecule has 1 fully saturated rings. The van der Waals surface area contributed by atoms with Gasteiger partial charge in [-0.3, -0.25) is 25.4 Å². The molecule has 1 saturated carbocycles. The number of nitrogens with one attached hydrogen (secondary N) is 2. The Bertz CT molecular complexity index is 993. The van der Waals surface area contributed by atoms with Gasteiger partial charge in [-0.2, -0.15) is 5.10 Å². The van der Waals surface area contributed by atoms with Crippen LogP contribution in [-0.2, 0) is 0 Å². The number of carbonyl (C=O) groups excluding carboxylic acids is 2. The molecule has 0 spiro atoms. The van der Waals surface area contributed by atoms with Crippen molar-refractivity contribution in [3.05, 3.63) is 77.4 Å². The molecule has 1 aromatic carbocycles. The molecule has 2 amide bonds. The molecule has 0 bridgehead atoms. The van der Waals surface area contributed by atoms with Gasteiger partial charge in [0.05, 0.1) is 28.7 Å². The second-order valence-corrected chi connectivity index (χ2v) is 6.57. The van der Waals surface area contributed by atoms with Crippen molar-refractivity contribution in [1.82, 2.24) is 25.6 Å². The van der Waals surface area contributed by atoms with E-state index in [1.807, 2.05) is 35.9 Å². The van der Waals surface area contributed by atoms with Crippen LogP contribution in [0, 0.1) is 6.92 Å². The normalized spacial score (nSPS) is 13.2. The molecule has 0 aliphatic heterocycles. The molecule has 0 radical (unpaired) electrons. The predicted molar refractivity (Wildman–Crippen MR) is 99.4 cm³/mol. The van der Waals surface area contributed by atoms with Crippen molar-refractivity contribution in [1.29, 1.82) is 0 Å². The van der Waals surface area contributed by atoms with Gasteiger partial charge in [-0.15, -0.1) is 0 Å². The zero-order valence-corrected chi connectivity index (χ0v) is 14.8. The Hall–Kier alpha value is -3.48. The van der Waals surface area contributed by atoms with Crippen LogP contribution in [0.25, 0.3) is 5.69 Å². The smallest absolute Gasteiger partial charge is 0.267 e.